The molecule has 37 heavy (non-hydrogen) atoms. The first-order valence-corrected chi connectivity index (χ1v) is 14.0. The first-order chi connectivity index (χ1) is 17.7. The smallest absolute Gasteiger partial charge is 0.264 e. The predicted octanol–water partition coefficient (Wildman–Crippen LogP) is 2.86. The van der Waals surface area contributed by atoms with E-state index in [1.165, 1.54) is 45.7 Å². The number of rotatable bonds is 10. The molecule has 0 bridgehead atoms. The number of halogens is 1. The molecule has 194 valence electrons. The molecule has 12 heteroatoms. The topological polar surface area (TPSA) is 119 Å². The second kappa shape index (κ2) is 11.4. The van der Waals surface area contributed by atoms with Gasteiger partial charge in [-0.2, -0.15) is 9.40 Å². The highest BCUT2D eigenvalue weighted by molar-refractivity contribution is 9.10. The lowest BCUT2D eigenvalue weighted by molar-refractivity contribution is 0.0952. The summed E-state index contributed by atoms with van der Waals surface area (Å²) in [5.74, 6) is -0.340. The van der Waals surface area contributed by atoms with Gasteiger partial charge in [0.1, 0.15) is 11.7 Å². The molecule has 0 aliphatic carbocycles. The molecule has 1 N–H and O–H groups in total. The van der Waals surface area contributed by atoms with E-state index in [2.05, 4.69) is 31.3 Å². The van der Waals surface area contributed by atoms with Crippen LogP contribution in [0.25, 0.3) is 11.0 Å². The van der Waals surface area contributed by atoms with Crippen LogP contribution in [0.15, 0.2) is 75.2 Å². The highest BCUT2D eigenvalue weighted by Gasteiger charge is 2.21. The molecule has 0 saturated carbocycles. The standard InChI is InChI=1S/C25H27BrN6O4S/c1-3-31(4-2)37(35,36)21-11-7-19(8-12-21)24(33)27-13-14-32-23-22(15-29-32)25(34)30(17-28-23)16-18-5-9-20(26)10-6-18/h5-12,15,17H,3-4,13-14,16H2,1-2H3,(H,27,33). The molecule has 0 unspecified atom stereocenters. The van der Waals surface area contributed by atoms with E-state index in [-0.39, 0.29) is 22.9 Å². The number of sulfonamides is 1. The van der Waals surface area contributed by atoms with E-state index < -0.39 is 10.0 Å². The number of amides is 1. The van der Waals surface area contributed by atoms with E-state index in [0.29, 0.717) is 42.8 Å². The van der Waals surface area contributed by atoms with Crippen LogP contribution in [0.2, 0.25) is 0 Å². The minimum atomic E-state index is -3.58. The van der Waals surface area contributed by atoms with Crippen LogP contribution in [0.1, 0.15) is 29.8 Å². The summed E-state index contributed by atoms with van der Waals surface area (Å²) in [5, 5.41) is 7.46. The summed E-state index contributed by atoms with van der Waals surface area (Å²) in [6.07, 6.45) is 2.98. The molecule has 2 aromatic carbocycles. The van der Waals surface area contributed by atoms with E-state index in [4.69, 9.17) is 0 Å². The number of hydrogen-bond donors (Lipinski definition) is 1. The van der Waals surface area contributed by atoms with Crippen LogP contribution in [0.4, 0.5) is 0 Å². The Hall–Kier alpha value is -3.35. The van der Waals surface area contributed by atoms with Crippen molar-refractivity contribution in [2.45, 2.75) is 31.8 Å². The second-order valence-electron chi connectivity index (χ2n) is 8.28. The van der Waals surface area contributed by atoms with Crippen molar-refractivity contribution in [1.29, 1.82) is 0 Å². The van der Waals surface area contributed by atoms with Gasteiger partial charge in [0.25, 0.3) is 11.5 Å². The van der Waals surface area contributed by atoms with Crippen LogP contribution in [-0.2, 0) is 23.1 Å². The Labute approximate surface area is 223 Å². The van der Waals surface area contributed by atoms with E-state index in [0.717, 1.165) is 10.0 Å². The predicted molar refractivity (Wildman–Crippen MR) is 144 cm³/mol. The number of nitrogens with zero attached hydrogens (tertiary/aromatic N) is 5. The maximum Gasteiger partial charge on any atom is 0.264 e. The van der Waals surface area contributed by atoms with Crippen molar-refractivity contribution >= 4 is 42.9 Å². The number of benzene rings is 2. The largest absolute Gasteiger partial charge is 0.350 e. The van der Waals surface area contributed by atoms with Gasteiger partial charge in [-0.15, -0.1) is 0 Å². The molecule has 4 rings (SSSR count). The summed E-state index contributed by atoms with van der Waals surface area (Å²) in [4.78, 5) is 30.0. The molecule has 0 saturated heterocycles. The van der Waals surface area contributed by atoms with E-state index >= 15 is 0 Å². The molecule has 0 atom stereocenters. The Morgan fingerprint density at radius 3 is 2.38 bits per heavy atom. The maximum absolute atomic E-state index is 12.9. The molecular formula is C25H27BrN6O4S. The molecule has 0 radical (unpaired) electrons. The minimum Gasteiger partial charge on any atom is -0.350 e. The summed E-state index contributed by atoms with van der Waals surface area (Å²) < 4.78 is 30.7. The minimum absolute atomic E-state index is 0.146. The lowest BCUT2D eigenvalue weighted by atomic mass is 10.2. The van der Waals surface area contributed by atoms with Crippen LogP contribution in [0, 0.1) is 0 Å². The molecule has 0 fully saturated rings. The van der Waals surface area contributed by atoms with Gasteiger partial charge < -0.3 is 5.32 Å². The molecule has 4 aromatic rings. The zero-order chi connectivity index (χ0) is 26.6. The third-order valence-electron chi connectivity index (χ3n) is 5.96. The fraction of sp³-hybridized carbons (Fsp3) is 0.280. The van der Waals surface area contributed by atoms with Gasteiger partial charge in [-0.3, -0.25) is 14.2 Å². The Kier molecular flexibility index (Phi) is 8.20. The van der Waals surface area contributed by atoms with Crippen LogP contribution in [-0.4, -0.2) is 57.6 Å². The summed E-state index contributed by atoms with van der Waals surface area (Å²) in [6, 6.07) is 13.6. The maximum atomic E-state index is 12.9. The Balaban J connectivity index is 1.39. The average Bonchev–Trinajstić information content (AvgIpc) is 3.31. The van der Waals surface area contributed by atoms with Gasteiger partial charge >= 0.3 is 0 Å². The molecule has 0 aliphatic heterocycles. The molecule has 2 aromatic heterocycles. The molecule has 1 amide bonds. The van der Waals surface area contributed by atoms with Gasteiger partial charge in [-0.05, 0) is 42.0 Å². The zero-order valence-electron chi connectivity index (χ0n) is 20.5. The monoisotopic (exact) mass is 586 g/mol. The van der Waals surface area contributed by atoms with Gasteiger partial charge in [0, 0.05) is 29.7 Å². The van der Waals surface area contributed by atoms with Gasteiger partial charge in [0.2, 0.25) is 10.0 Å². The van der Waals surface area contributed by atoms with Crippen molar-refractivity contribution in [1.82, 2.24) is 29.0 Å². The molecule has 2 heterocycles. The lowest BCUT2D eigenvalue weighted by Crippen LogP contribution is -2.31. The van der Waals surface area contributed by atoms with Crippen LogP contribution in [0.3, 0.4) is 0 Å². The number of carbonyl (C=O) groups is 1. The number of aromatic nitrogens is 4. The SMILES string of the molecule is CCN(CC)S(=O)(=O)c1ccc(C(=O)NCCn2ncc3c(=O)n(Cc4ccc(Br)cc4)cnc32)cc1. The van der Waals surface area contributed by atoms with E-state index in [1.54, 1.807) is 18.5 Å². The Morgan fingerprint density at radius 2 is 1.73 bits per heavy atom. The number of nitrogens with one attached hydrogen (secondary N) is 1. The average molecular weight is 588 g/mol. The third-order valence-corrected chi connectivity index (χ3v) is 8.55. The number of hydrogen-bond acceptors (Lipinski definition) is 6. The highest BCUT2D eigenvalue weighted by atomic mass is 79.9. The third kappa shape index (κ3) is 5.81. The Morgan fingerprint density at radius 1 is 1.05 bits per heavy atom. The van der Waals surface area contributed by atoms with Crippen LogP contribution < -0.4 is 10.9 Å². The summed E-state index contributed by atoms with van der Waals surface area (Å²) >= 11 is 3.40. The van der Waals surface area contributed by atoms with Crippen molar-refractivity contribution in [2.75, 3.05) is 19.6 Å². The first kappa shape index (κ1) is 26.7. The summed E-state index contributed by atoms with van der Waals surface area (Å²) in [6.45, 7) is 5.26. The summed E-state index contributed by atoms with van der Waals surface area (Å²) in [7, 11) is -3.58. The van der Waals surface area contributed by atoms with Crippen LogP contribution in [0.5, 0.6) is 0 Å². The van der Waals surface area contributed by atoms with Crippen molar-refractivity contribution in [2.24, 2.45) is 0 Å². The normalized spacial score (nSPS) is 11.8. The van der Waals surface area contributed by atoms with Gasteiger partial charge in [0.15, 0.2) is 5.65 Å². The van der Waals surface area contributed by atoms with Crippen molar-refractivity contribution in [3.05, 3.63) is 87.0 Å². The fourth-order valence-electron chi connectivity index (χ4n) is 3.93. The highest BCUT2D eigenvalue weighted by Crippen LogP contribution is 2.16. The van der Waals surface area contributed by atoms with Gasteiger partial charge in [-0.1, -0.05) is 41.9 Å². The molecular weight excluding hydrogens is 560 g/mol. The quantitative estimate of drug-likeness (QED) is 0.305. The van der Waals surface area contributed by atoms with Crippen molar-refractivity contribution < 1.29 is 13.2 Å². The Bertz CT molecular complexity index is 1560. The zero-order valence-corrected chi connectivity index (χ0v) is 22.9. The lowest BCUT2D eigenvalue weighted by Gasteiger charge is -2.18. The number of fused-ring (bicyclic) bond motifs is 1. The van der Waals surface area contributed by atoms with Crippen molar-refractivity contribution in [3.63, 3.8) is 0 Å². The van der Waals surface area contributed by atoms with E-state index in [1.807, 2.05) is 24.3 Å². The first-order valence-electron chi connectivity index (χ1n) is 11.8. The molecule has 0 spiro atoms. The summed E-state index contributed by atoms with van der Waals surface area (Å²) in [5.41, 5.74) is 1.57. The molecule has 10 nitrogen and oxygen atoms in total. The van der Waals surface area contributed by atoms with E-state index in [9.17, 15) is 18.0 Å². The second-order valence-corrected chi connectivity index (χ2v) is 11.1. The van der Waals surface area contributed by atoms with Crippen LogP contribution >= 0.6 is 15.9 Å². The van der Waals surface area contributed by atoms with Crippen molar-refractivity contribution in [3.8, 4) is 0 Å². The number of carbonyl (C=O) groups excluding carboxylic acids is 1. The van der Waals surface area contributed by atoms with Gasteiger partial charge in [-0.25, -0.2) is 18.1 Å². The fourth-order valence-corrected chi connectivity index (χ4v) is 5.65. The molecule has 0 aliphatic rings. The van der Waals surface area contributed by atoms with Gasteiger partial charge in [0.05, 0.1) is 24.2 Å².